The number of carbonyl (C=O) groups is 2. The van der Waals surface area contributed by atoms with Crippen LogP contribution in [0.25, 0.3) is 0 Å². The zero-order chi connectivity index (χ0) is 17.0. The molecule has 0 radical (unpaired) electrons. The summed E-state index contributed by atoms with van der Waals surface area (Å²) in [5.74, 6) is 0.292. The fourth-order valence-electron chi connectivity index (χ4n) is 3.36. The van der Waals surface area contributed by atoms with E-state index >= 15 is 0 Å². The van der Waals surface area contributed by atoms with E-state index in [4.69, 9.17) is 0 Å². The first kappa shape index (κ1) is 17.4. The quantitative estimate of drug-likeness (QED) is 0.926. The summed E-state index contributed by atoms with van der Waals surface area (Å²) in [5.41, 5.74) is 1.31. The molecule has 0 aliphatic heterocycles. The Morgan fingerprint density at radius 2 is 2.13 bits per heavy atom. The van der Waals surface area contributed by atoms with E-state index < -0.39 is 0 Å². The third-order valence-corrected chi connectivity index (χ3v) is 4.45. The van der Waals surface area contributed by atoms with E-state index in [0.717, 1.165) is 12.8 Å². The first-order chi connectivity index (χ1) is 10.8. The molecule has 5 nitrogen and oxygen atoms in total. The van der Waals surface area contributed by atoms with Crippen LogP contribution in [0, 0.1) is 11.3 Å². The summed E-state index contributed by atoms with van der Waals surface area (Å²) < 4.78 is 0. The molecular formula is C18H27N3O2. The van der Waals surface area contributed by atoms with Crippen molar-refractivity contribution < 1.29 is 9.59 Å². The predicted molar refractivity (Wildman–Crippen MR) is 91.2 cm³/mol. The van der Waals surface area contributed by atoms with Gasteiger partial charge in [-0.05, 0) is 42.7 Å². The van der Waals surface area contributed by atoms with Gasteiger partial charge < -0.3 is 10.2 Å². The Morgan fingerprint density at radius 1 is 1.39 bits per heavy atom. The molecule has 23 heavy (non-hydrogen) atoms. The molecular weight excluding hydrogens is 290 g/mol. The van der Waals surface area contributed by atoms with Crippen LogP contribution >= 0.6 is 0 Å². The van der Waals surface area contributed by atoms with Gasteiger partial charge >= 0.3 is 0 Å². The van der Waals surface area contributed by atoms with Gasteiger partial charge in [0.2, 0.25) is 5.91 Å². The molecule has 2 rings (SSSR count). The van der Waals surface area contributed by atoms with E-state index in [1.807, 2.05) is 0 Å². The Kier molecular flexibility index (Phi) is 5.39. The van der Waals surface area contributed by atoms with Gasteiger partial charge in [0.25, 0.3) is 5.91 Å². The molecule has 1 N–H and O–H groups in total. The number of carbonyl (C=O) groups excluding carboxylic acids is 2. The fraction of sp³-hybridized carbons (Fsp3) is 0.611. The summed E-state index contributed by atoms with van der Waals surface area (Å²) in [6.07, 6.45) is 6.75. The van der Waals surface area contributed by atoms with Crippen LogP contribution in [0.4, 0.5) is 5.69 Å². The van der Waals surface area contributed by atoms with Crippen LogP contribution in [0.15, 0.2) is 18.3 Å². The highest BCUT2D eigenvalue weighted by Gasteiger charge is 2.29. The number of pyridine rings is 1. The van der Waals surface area contributed by atoms with Crippen molar-refractivity contribution in [2.45, 2.75) is 46.0 Å². The number of nitrogens with one attached hydrogen (secondary N) is 1. The van der Waals surface area contributed by atoms with Crippen molar-refractivity contribution in [3.05, 3.63) is 24.0 Å². The summed E-state index contributed by atoms with van der Waals surface area (Å²) in [5, 5.41) is 2.90. The number of aromatic nitrogens is 1. The fourth-order valence-corrected chi connectivity index (χ4v) is 3.36. The van der Waals surface area contributed by atoms with E-state index in [9.17, 15) is 9.59 Å². The second-order valence-corrected chi connectivity index (χ2v) is 7.51. The zero-order valence-electron chi connectivity index (χ0n) is 14.6. The van der Waals surface area contributed by atoms with Crippen LogP contribution < -0.4 is 5.32 Å². The third-order valence-electron chi connectivity index (χ3n) is 4.45. The van der Waals surface area contributed by atoms with E-state index in [1.54, 1.807) is 32.4 Å². The average Bonchev–Trinajstić information content (AvgIpc) is 2.45. The molecule has 1 fully saturated rings. The lowest BCUT2D eigenvalue weighted by molar-refractivity contribution is -0.117. The van der Waals surface area contributed by atoms with Crippen molar-refractivity contribution >= 4 is 17.5 Å². The van der Waals surface area contributed by atoms with Gasteiger partial charge in [0.15, 0.2) is 0 Å². The van der Waals surface area contributed by atoms with Crippen LogP contribution in [-0.2, 0) is 4.79 Å². The minimum atomic E-state index is -0.171. The van der Waals surface area contributed by atoms with Crippen LogP contribution in [-0.4, -0.2) is 35.8 Å². The number of hydrogen-bond donors (Lipinski definition) is 1. The molecule has 0 bridgehead atoms. The highest BCUT2D eigenvalue weighted by molar-refractivity contribution is 5.95. The van der Waals surface area contributed by atoms with Gasteiger partial charge in [-0.1, -0.05) is 20.3 Å². The lowest BCUT2D eigenvalue weighted by Crippen LogP contribution is -2.26. The second-order valence-electron chi connectivity index (χ2n) is 7.51. The first-order valence-corrected chi connectivity index (χ1v) is 8.24. The molecule has 1 aromatic rings. The van der Waals surface area contributed by atoms with E-state index in [-0.39, 0.29) is 11.8 Å². The summed E-state index contributed by atoms with van der Waals surface area (Å²) in [6.45, 7) is 4.55. The first-order valence-electron chi connectivity index (χ1n) is 8.24. The van der Waals surface area contributed by atoms with Crippen LogP contribution in [0.5, 0.6) is 0 Å². The maximum atomic E-state index is 12.3. The van der Waals surface area contributed by atoms with Crippen molar-refractivity contribution in [2.75, 3.05) is 19.4 Å². The summed E-state index contributed by atoms with van der Waals surface area (Å²) in [4.78, 5) is 29.7. The van der Waals surface area contributed by atoms with E-state index in [1.165, 1.54) is 17.7 Å². The maximum absolute atomic E-state index is 12.3. The normalized spacial score (nSPS) is 19.9. The predicted octanol–water partition coefficient (Wildman–Crippen LogP) is 3.33. The number of rotatable bonds is 4. The molecule has 0 saturated heterocycles. The van der Waals surface area contributed by atoms with Gasteiger partial charge in [-0.2, -0.15) is 0 Å². The largest absolute Gasteiger partial charge is 0.343 e. The number of nitrogens with zero attached hydrogens (tertiary/aromatic N) is 2. The molecule has 1 atom stereocenters. The standard InChI is InChI=1S/C18H27N3O2/c1-18(2)8-5-6-13(12-18)10-16(22)20-14-7-9-19-15(11-14)17(23)21(3)4/h7,9,11,13H,5-6,8,10,12H2,1-4H3,(H,19,20,22). The van der Waals surface area contributed by atoms with Gasteiger partial charge in [-0.3, -0.25) is 14.6 Å². The Hall–Kier alpha value is -1.91. The van der Waals surface area contributed by atoms with Gasteiger partial charge in [0, 0.05) is 32.4 Å². The average molecular weight is 317 g/mol. The minimum absolute atomic E-state index is 0.0159. The second kappa shape index (κ2) is 7.11. The zero-order valence-corrected chi connectivity index (χ0v) is 14.6. The lowest BCUT2D eigenvalue weighted by Gasteiger charge is -2.34. The minimum Gasteiger partial charge on any atom is -0.343 e. The van der Waals surface area contributed by atoms with E-state index in [0.29, 0.717) is 29.1 Å². The van der Waals surface area contributed by atoms with Crippen molar-refractivity contribution in [1.29, 1.82) is 0 Å². The Morgan fingerprint density at radius 3 is 2.78 bits per heavy atom. The molecule has 126 valence electrons. The van der Waals surface area contributed by atoms with Crippen molar-refractivity contribution in [1.82, 2.24) is 9.88 Å². The van der Waals surface area contributed by atoms with Crippen LogP contribution in [0.2, 0.25) is 0 Å². The summed E-state index contributed by atoms with van der Waals surface area (Å²) >= 11 is 0. The van der Waals surface area contributed by atoms with Crippen molar-refractivity contribution in [3.63, 3.8) is 0 Å². The number of anilines is 1. The molecule has 5 heteroatoms. The maximum Gasteiger partial charge on any atom is 0.272 e. The Labute approximate surface area is 138 Å². The number of hydrogen-bond acceptors (Lipinski definition) is 3. The summed E-state index contributed by atoms with van der Waals surface area (Å²) in [6, 6.07) is 3.35. The molecule has 1 saturated carbocycles. The molecule has 1 heterocycles. The van der Waals surface area contributed by atoms with Gasteiger partial charge in [0.05, 0.1) is 0 Å². The Bertz CT molecular complexity index is 581. The third kappa shape index (κ3) is 5.05. The molecule has 1 unspecified atom stereocenters. The SMILES string of the molecule is CN(C)C(=O)c1cc(NC(=O)CC2CCCC(C)(C)C2)ccn1. The molecule has 1 aliphatic carbocycles. The van der Waals surface area contributed by atoms with Gasteiger partial charge in [0.1, 0.15) is 5.69 Å². The molecule has 1 aliphatic rings. The van der Waals surface area contributed by atoms with Crippen LogP contribution in [0.3, 0.4) is 0 Å². The number of amides is 2. The van der Waals surface area contributed by atoms with Crippen molar-refractivity contribution in [2.24, 2.45) is 11.3 Å². The highest BCUT2D eigenvalue weighted by Crippen LogP contribution is 2.39. The molecule has 2 amide bonds. The van der Waals surface area contributed by atoms with E-state index in [2.05, 4.69) is 24.1 Å². The van der Waals surface area contributed by atoms with Gasteiger partial charge in [-0.25, -0.2) is 0 Å². The van der Waals surface area contributed by atoms with Crippen LogP contribution in [0.1, 0.15) is 56.4 Å². The molecule has 0 spiro atoms. The molecule has 1 aromatic heterocycles. The highest BCUT2D eigenvalue weighted by atomic mass is 16.2. The topological polar surface area (TPSA) is 62.3 Å². The van der Waals surface area contributed by atoms with Gasteiger partial charge in [-0.15, -0.1) is 0 Å². The van der Waals surface area contributed by atoms with Crippen molar-refractivity contribution in [3.8, 4) is 0 Å². The monoisotopic (exact) mass is 317 g/mol. The summed E-state index contributed by atoms with van der Waals surface area (Å²) in [7, 11) is 3.36. The lowest BCUT2D eigenvalue weighted by atomic mass is 9.71. The molecule has 0 aromatic carbocycles. The smallest absolute Gasteiger partial charge is 0.272 e. The Balaban J connectivity index is 1.95.